The molecule has 2 aliphatic rings. The number of benzene rings is 5. The number of hydrogen-bond acceptors (Lipinski definition) is 14. The molecule has 1 aromatic heterocycles. The summed E-state index contributed by atoms with van der Waals surface area (Å²) in [5.74, 6) is 1.15. The predicted molar refractivity (Wildman–Crippen MR) is 296 cm³/mol. The Bertz CT molecular complexity index is 2810. The van der Waals surface area contributed by atoms with Gasteiger partial charge in [-0.05, 0) is 97.0 Å². The number of carbonyl (C=O) groups is 2. The minimum atomic E-state index is -2.25. The van der Waals surface area contributed by atoms with Crippen molar-refractivity contribution >= 4 is 26.3 Å². The van der Waals surface area contributed by atoms with E-state index in [0.29, 0.717) is 24.7 Å². The van der Waals surface area contributed by atoms with Crippen LogP contribution in [0.2, 0.25) is 0 Å². The molecule has 17 nitrogen and oxygen atoms in total. The van der Waals surface area contributed by atoms with Crippen molar-refractivity contribution in [3.63, 3.8) is 0 Å². The van der Waals surface area contributed by atoms with Crippen LogP contribution in [0.15, 0.2) is 144 Å². The Balaban J connectivity index is 0.923. The molecule has 2 heterocycles. The van der Waals surface area contributed by atoms with Crippen molar-refractivity contribution in [2.75, 3.05) is 72.3 Å². The van der Waals surface area contributed by atoms with Gasteiger partial charge in [0.05, 0.1) is 47.3 Å². The van der Waals surface area contributed by atoms with Gasteiger partial charge in [0.1, 0.15) is 54.6 Å². The molecule has 1 fully saturated rings. The molecule has 8 rings (SSSR count). The van der Waals surface area contributed by atoms with Crippen molar-refractivity contribution < 1.29 is 51.8 Å². The van der Waals surface area contributed by atoms with Gasteiger partial charge in [-0.25, -0.2) is 9.59 Å². The van der Waals surface area contributed by atoms with Gasteiger partial charge in [0.2, 0.25) is 5.91 Å². The highest BCUT2D eigenvalue weighted by molar-refractivity contribution is 7.44. The lowest BCUT2D eigenvalue weighted by molar-refractivity contribution is -0.114. The van der Waals surface area contributed by atoms with Gasteiger partial charge in [-0.3, -0.25) is 9.36 Å². The van der Waals surface area contributed by atoms with E-state index >= 15 is 0 Å². The number of nitrogens with zero attached hydrogens (tertiary/aromatic N) is 3. The van der Waals surface area contributed by atoms with Crippen LogP contribution in [-0.4, -0.2) is 118 Å². The summed E-state index contributed by atoms with van der Waals surface area (Å²) in [6.07, 6.45) is -0.840. The summed E-state index contributed by atoms with van der Waals surface area (Å²) in [5.41, 5.74) is 5.43. The second kappa shape index (κ2) is 27.2. The molecular formula is C59H71N5O12P+. The Morgan fingerprint density at radius 2 is 1.29 bits per heavy atom. The summed E-state index contributed by atoms with van der Waals surface area (Å²) in [6.45, 7) is 11.7. The summed E-state index contributed by atoms with van der Waals surface area (Å²) in [7, 11) is 1.01. The average Bonchev–Trinajstić information content (AvgIpc) is 4.02. The molecule has 0 spiro atoms. The number of amides is 2. The number of anilines is 1. The molecular weight excluding hydrogens is 1000 g/mol. The number of carbonyl (C=O) groups excluding carboxylic acids is 2. The molecule has 408 valence electrons. The highest BCUT2D eigenvalue weighted by Crippen LogP contribution is 2.51. The van der Waals surface area contributed by atoms with Crippen molar-refractivity contribution in [2.45, 2.75) is 83.1 Å². The van der Waals surface area contributed by atoms with Crippen molar-refractivity contribution in [3.8, 4) is 22.6 Å². The largest absolute Gasteiger partial charge is 0.497 e. The molecule has 77 heavy (non-hydrogen) atoms. The minimum Gasteiger partial charge on any atom is -0.497 e. The number of hydrogen-bond donors (Lipinski definition) is 2. The van der Waals surface area contributed by atoms with Crippen LogP contribution < -0.4 is 25.8 Å². The van der Waals surface area contributed by atoms with Gasteiger partial charge in [0, 0.05) is 44.1 Å². The Morgan fingerprint density at radius 1 is 0.727 bits per heavy atom. The molecule has 18 heteroatoms. The third-order valence-corrected chi connectivity index (χ3v) is 15.9. The summed E-state index contributed by atoms with van der Waals surface area (Å²) < 4.78 is 60.1. The fourth-order valence-corrected chi connectivity index (χ4v) is 12.0. The molecule has 2 amide bonds. The summed E-state index contributed by atoms with van der Waals surface area (Å²) >= 11 is 0. The van der Waals surface area contributed by atoms with Gasteiger partial charge in [-0.15, -0.1) is 4.67 Å². The van der Waals surface area contributed by atoms with Gasteiger partial charge in [0.25, 0.3) is 0 Å². The lowest BCUT2D eigenvalue weighted by Crippen LogP contribution is -2.39. The molecule has 0 saturated carbocycles. The highest BCUT2D eigenvalue weighted by atomic mass is 31.2. The Kier molecular flexibility index (Phi) is 20.0. The molecule has 2 N–H and O–H groups in total. The number of fused-ring (bicyclic) bond motifs is 3. The van der Waals surface area contributed by atoms with Gasteiger partial charge in [0.15, 0.2) is 0 Å². The zero-order chi connectivity index (χ0) is 54.3. The summed E-state index contributed by atoms with van der Waals surface area (Å²) in [6, 6.07) is 43.6. The van der Waals surface area contributed by atoms with Crippen molar-refractivity contribution in [2.24, 2.45) is 0 Å². The van der Waals surface area contributed by atoms with Gasteiger partial charge in [-0.1, -0.05) is 103 Å². The Hall–Kier alpha value is -6.53. The smallest absolute Gasteiger partial charge is 0.407 e. The number of ether oxygens (including phenoxy) is 7. The monoisotopic (exact) mass is 1070 g/mol. The third kappa shape index (κ3) is 14.0. The van der Waals surface area contributed by atoms with Crippen LogP contribution >= 0.6 is 8.53 Å². The Morgan fingerprint density at radius 3 is 1.86 bits per heavy atom. The lowest BCUT2D eigenvalue weighted by atomic mass is 9.80. The number of alkyl carbamates (subject to hydrolysis) is 1. The lowest BCUT2D eigenvalue weighted by Gasteiger charge is -2.37. The van der Waals surface area contributed by atoms with E-state index in [0.717, 1.165) is 27.8 Å². The van der Waals surface area contributed by atoms with E-state index < -0.39 is 44.3 Å². The maximum absolute atomic E-state index is 13.6. The second-order valence-corrected chi connectivity index (χ2v) is 20.8. The van der Waals surface area contributed by atoms with E-state index in [2.05, 4.69) is 72.2 Å². The van der Waals surface area contributed by atoms with Gasteiger partial charge in [-0.2, -0.15) is 14.0 Å². The third-order valence-electron chi connectivity index (χ3n) is 13.5. The highest BCUT2D eigenvalue weighted by Gasteiger charge is 2.47. The summed E-state index contributed by atoms with van der Waals surface area (Å²) in [4.78, 5) is 42.3. The Labute approximate surface area is 452 Å². The molecule has 1 aliphatic heterocycles. The number of methoxy groups -OCH3 is 2. The molecule has 4 unspecified atom stereocenters. The zero-order valence-corrected chi connectivity index (χ0v) is 45.8. The molecule has 1 aliphatic carbocycles. The van der Waals surface area contributed by atoms with Crippen LogP contribution in [0.4, 0.5) is 10.6 Å². The fourth-order valence-electron chi connectivity index (χ4n) is 10.0. The van der Waals surface area contributed by atoms with Crippen LogP contribution in [0.1, 0.15) is 81.0 Å². The minimum absolute atomic E-state index is 0.0170. The standard InChI is InChI=1S/C59H70N5O12P/c1-40(2)64(41(3)4)77(74-36-35-71-34-33-70-32-30-60-58(67)72-38-52-50-19-13-11-17-48(50)49-18-12-14-20-51(49)52)76-53-37-56(63-31-29-55(61-42(5)65)62-57(63)66)75-54(53)39-73-59(43-15-9-8-10-16-43,44-21-25-46(68-6)26-22-44)45-23-27-47(69-7)28-24-45/h8-29,31,40-41,52-54,56H,30,32-39H2,1-7H3,(H,60,67)(H,61,62,65,66)/p+1. The maximum Gasteiger partial charge on any atom is 0.407 e. The molecule has 6 aromatic rings. The SMILES string of the molecule is COc1ccc(C(OCC2OC(n3ccc(NC(C)=O)nc3=O)CC2O[PH+](OCCOCCOCCNC(=O)OCC2c3ccccc3-c3ccccc32)N(C(C)C)C(C)C)(c2ccccc2)c2ccc(OC)cc2)cc1. The first kappa shape index (κ1) is 56.7. The fraction of sp³-hybridized carbons (Fsp3) is 0.390. The van der Waals surface area contributed by atoms with E-state index in [1.54, 1.807) is 26.5 Å². The second-order valence-electron chi connectivity index (χ2n) is 19.2. The van der Waals surface area contributed by atoms with Crippen molar-refractivity contribution in [1.82, 2.24) is 19.5 Å². The molecule has 5 aromatic carbocycles. The van der Waals surface area contributed by atoms with E-state index in [9.17, 15) is 14.4 Å². The van der Waals surface area contributed by atoms with Crippen LogP contribution in [0.3, 0.4) is 0 Å². The van der Waals surface area contributed by atoms with Crippen molar-refractivity contribution in [1.29, 1.82) is 0 Å². The zero-order valence-electron chi connectivity index (χ0n) is 44.8. The van der Waals surface area contributed by atoms with Crippen LogP contribution in [0.25, 0.3) is 11.1 Å². The molecule has 0 bridgehead atoms. The normalized spacial score (nSPS) is 16.6. The van der Waals surface area contributed by atoms with Gasteiger partial charge >= 0.3 is 20.3 Å². The molecule has 4 atom stereocenters. The first-order chi connectivity index (χ1) is 37.4. The topological polar surface area (TPSA) is 179 Å². The first-order valence-corrected chi connectivity index (χ1v) is 27.4. The van der Waals surface area contributed by atoms with E-state index in [-0.39, 0.29) is 75.7 Å². The van der Waals surface area contributed by atoms with E-state index in [4.69, 9.17) is 42.2 Å². The van der Waals surface area contributed by atoms with Crippen LogP contribution in [0, 0.1) is 0 Å². The maximum atomic E-state index is 13.6. The first-order valence-electron chi connectivity index (χ1n) is 26.1. The number of nitrogens with one attached hydrogen (secondary N) is 2. The number of aromatic nitrogens is 2. The molecule has 1 saturated heterocycles. The van der Waals surface area contributed by atoms with Gasteiger partial charge < -0.3 is 43.8 Å². The van der Waals surface area contributed by atoms with Crippen LogP contribution in [-0.2, 0) is 43.1 Å². The molecule has 0 radical (unpaired) electrons. The van der Waals surface area contributed by atoms with Crippen molar-refractivity contribution in [3.05, 3.63) is 178 Å². The predicted octanol–water partition coefficient (Wildman–Crippen LogP) is 9.57. The van der Waals surface area contributed by atoms with E-state index in [1.165, 1.54) is 22.6 Å². The summed E-state index contributed by atoms with van der Waals surface area (Å²) in [5, 5.41) is 5.37. The van der Waals surface area contributed by atoms with E-state index in [1.807, 2.05) is 103 Å². The van der Waals surface area contributed by atoms with Crippen LogP contribution in [0.5, 0.6) is 11.5 Å². The average molecular weight is 1070 g/mol. The number of rotatable bonds is 27. The quantitative estimate of drug-likeness (QED) is 0.0283.